The second kappa shape index (κ2) is 10.3. The van der Waals surface area contributed by atoms with Crippen molar-refractivity contribution in [3.63, 3.8) is 0 Å². The monoisotopic (exact) mass is 479 g/mol. The van der Waals surface area contributed by atoms with Gasteiger partial charge in [-0.3, -0.25) is 14.5 Å². The van der Waals surface area contributed by atoms with Crippen molar-refractivity contribution in [2.24, 2.45) is 0 Å². The minimum absolute atomic E-state index is 0.00164. The van der Waals surface area contributed by atoms with E-state index < -0.39 is 5.54 Å². The number of hydrogen-bond acceptors (Lipinski definition) is 4. The summed E-state index contributed by atoms with van der Waals surface area (Å²) in [5, 5.41) is 4.45. The summed E-state index contributed by atoms with van der Waals surface area (Å²) in [6, 6.07) is 10.3. The summed E-state index contributed by atoms with van der Waals surface area (Å²) >= 11 is 0. The van der Waals surface area contributed by atoms with Gasteiger partial charge in [-0.2, -0.15) is 0 Å². The molecule has 3 aliphatic rings. The molecule has 2 fully saturated rings. The first-order valence-electron chi connectivity index (χ1n) is 13.6. The van der Waals surface area contributed by atoms with Crippen LogP contribution in [0.2, 0.25) is 0 Å². The lowest BCUT2D eigenvalue weighted by molar-refractivity contribution is -0.133. The van der Waals surface area contributed by atoms with Gasteiger partial charge in [-0.05, 0) is 38.9 Å². The van der Waals surface area contributed by atoms with E-state index >= 15 is 0 Å². The molecule has 1 saturated heterocycles. The number of aromatic nitrogens is 1. The van der Waals surface area contributed by atoms with E-state index in [-0.39, 0.29) is 17.9 Å². The number of rotatable bonds is 5. The van der Waals surface area contributed by atoms with Gasteiger partial charge in [-0.1, -0.05) is 50.3 Å². The maximum absolute atomic E-state index is 14.0. The van der Waals surface area contributed by atoms with E-state index in [4.69, 9.17) is 0 Å². The summed E-state index contributed by atoms with van der Waals surface area (Å²) in [4.78, 5) is 34.5. The fraction of sp³-hybridized carbons (Fsp3) is 0.643. The molecule has 0 spiro atoms. The zero-order chi connectivity index (χ0) is 24.4. The zero-order valence-electron chi connectivity index (χ0n) is 21.5. The fourth-order valence-electron chi connectivity index (χ4n) is 6.11. The average Bonchev–Trinajstić information content (AvgIpc) is 3.20. The predicted octanol–water partition coefficient (Wildman–Crippen LogP) is 3.33. The van der Waals surface area contributed by atoms with Crippen molar-refractivity contribution in [2.45, 2.75) is 70.0 Å². The first kappa shape index (κ1) is 24.3. The van der Waals surface area contributed by atoms with Crippen molar-refractivity contribution < 1.29 is 9.59 Å². The Balaban J connectivity index is 1.41. The Morgan fingerprint density at radius 2 is 1.69 bits per heavy atom. The molecule has 1 aromatic heterocycles. The first-order valence-corrected chi connectivity index (χ1v) is 13.6. The van der Waals surface area contributed by atoms with Crippen LogP contribution in [0.5, 0.6) is 0 Å². The summed E-state index contributed by atoms with van der Waals surface area (Å²) in [6.07, 6.45) is 8.20. The first-order chi connectivity index (χ1) is 17.0. The van der Waals surface area contributed by atoms with Crippen LogP contribution in [-0.2, 0) is 11.3 Å². The second-order valence-corrected chi connectivity index (χ2v) is 11.1. The van der Waals surface area contributed by atoms with Crippen molar-refractivity contribution in [1.29, 1.82) is 0 Å². The maximum Gasteiger partial charge on any atom is 0.271 e. The number of carbonyl (C=O) groups excluding carboxylic acids is 2. The molecule has 3 heterocycles. The van der Waals surface area contributed by atoms with E-state index in [9.17, 15) is 9.59 Å². The van der Waals surface area contributed by atoms with Gasteiger partial charge < -0.3 is 19.7 Å². The predicted molar refractivity (Wildman–Crippen MR) is 140 cm³/mol. The minimum atomic E-state index is -0.916. The zero-order valence-corrected chi connectivity index (χ0v) is 21.5. The number of carbonyl (C=O) groups is 2. The molecule has 35 heavy (non-hydrogen) atoms. The van der Waals surface area contributed by atoms with Gasteiger partial charge >= 0.3 is 0 Å². The Kier molecular flexibility index (Phi) is 7.17. The van der Waals surface area contributed by atoms with Crippen LogP contribution in [0.15, 0.2) is 30.3 Å². The van der Waals surface area contributed by atoms with Crippen molar-refractivity contribution in [1.82, 2.24) is 24.6 Å². The van der Waals surface area contributed by atoms with Gasteiger partial charge in [0.1, 0.15) is 11.2 Å². The number of likely N-dealkylation sites (N-methyl/N-ethyl adjacent to an activating group) is 1. The van der Waals surface area contributed by atoms with Gasteiger partial charge in [0, 0.05) is 56.2 Å². The molecule has 0 bridgehead atoms. The summed E-state index contributed by atoms with van der Waals surface area (Å²) < 4.78 is 2.07. The van der Waals surface area contributed by atoms with Crippen molar-refractivity contribution in [3.05, 3.63) is 36.0 Å². The molecule has 0 radical (unpaired) electrons. The van der Waals surface area contributed by atoms with Gasteiger partial charge in [-0.25, -0.2) is 0 Å². The number of nitrogens with zero attached hydrogens (tertiary/aromatic N) is 4. The normalized spacial score (nSPS) is 25.3. The SMILES string of the molecule is CN1CCN(CCN2C(=O)c3cc4ccccc4n3C[C@]2(C)C(=O)NC2CCCCCCC2)CC1. The molecular formula is C28H41N5O2. The Labute approximate surface area is 209 Å². The number of nitrogens with one attached hydrogen (secondary N) is 1. The van der Waals surface area contributed by atoms with Gasteiger partial charge in [0.2, 0.25) is 5.91 Å². The number of amides is 2. The lowest BCUT2D eigenvalue weighted by atomic mass is 9.92. The quantitative estimate of drug-likeness (QED) is 0.715. The van der Waals surface area contributed by atoms with Crippen LogP contribution in [0.4, 0.5) is 0 Å². The number of hydrogen-bond donors (Lipinski definition) is 1. The largest absolute Gasteiger partial charge is 0.351 e. The highest BCUT2D eigenvalue weighted by Crippen LogP contribution is 2.32. The van der Waals surface area contributed by atoms with Gasteiger partial charge in [0.15, 0.2) is 0 Å². The van der Waals surface area contributed by atoms with Crippen LogP contribution in [0.1, 0.15) is 62.4 Å². The lowest BCUT2D eigenvalue weighted by Gasteiger charge is -2.45. The van der Waals surface area contributed by atoms with Crippen molar-refractivity contribution >= 4 is 22.7 Å². The Morgan fingerprint density at radius 1 is 1.00 bits per heavy atom. The maximum atomic E-state index is 14.0. The molecule has 1 atom stereocenters. The Morgan fingerprint density at radius 3 is 2.43 bits per heavy atom. The molecule has 2 aliphatic heterocycles. The molecule has 1 N–H and O–H groups in total. The van der Waals surface area contributed by atoms with E-state index in [1.54, 1.807) is 0 Å². The Bertz CT molecular complexity index is 1050. The number of benzene rings is 1. The molecule has 2 aromatic rings. The highest BCUT2D eigenvalue weighted by Gasteiger charge is 2.48. The standard InChI is InChI=1S/C28H41N5O2/c1-28(27(35)29-23-11-6-4-3-5-7-12-23)21-32-24-13-9-8-10-22(24)20-25(32)26(34)33(28)19-18-31-16-14-30(2)15-17-31/h8-10,13,20,23H,3-7,11-12,14-19,21H2,1-2H3,(H,29,35)/t28-/m1/s1. The molecule has 190 valence electrons. The van der Waals surface area contributed by atoms with Gasteiger partial charge in [0.25, 0.3) is 5.91 Å². The van der Waals surface area contributed by atoms with Crippen LogP contribution in [-0.4, -0.2) is 89.0 Å². The van der Waals surface area contributed by atoms with E-state index in [2.05, 4.69) is 38.9 Å². The van der Waals surface area contributed by atoms with E-state index in [1.165, 1.54) is 32.1 Å². The van der Waals surface area contributed by atoms with Crippen LogP contribution in [0.25, 0.3) is 10.9 Å². The van der Waals surface area contributed by atoms with Crippen molar-refractivity contribution in [3.8, 4) is 0 Å². The smallest absolute Gasteiger partial charge is 0.271 e. The Hall–Kier alpha value is -2.38. The van der Waals surface area contributed by atoms with Gasteiger partial charge in [-0.15, -0.1) is 0 Å². The summed E-state index contributed by atoms with van der Waals surface area (Å²) in [5.74, 6) is -0.0323. The average molecular weight is 480 g/mol. The van der Waals surface area contributed by atoms with E-state index in [0.717, 1.165) is 56.5 Å². The molecule has 7 heteroatoms. The molecule has 1 aliphatic carbocycles. The molecule has 5 rings (SSSR count). The molecule has 0 unspecified atom stereocenters. The number of fused-ring (bicyclic) bond motifs is 3. The summed E-state index contributed by atoms with van der Waals surface area (Å²) in [6.45, 7) is 7.93. The molecule has 1 aromatic carbocycles. The number of para-hydroxylation sites is 1. The lowest BCUT2D eigenvalue weighted by Crippen LogP contribution is -2.66. The van der Waals surface area contributed by atoms with Crippen LogP contribution < -0.4 is 5.32 Å². The van der Waals surface area contributed by atoms with Crippen molar-refractivity contribution in [2.75, 3.05) is 46.3 Å². The molecular weight excluding hydrogens is 438 g/mol. The summed E-state index contributed by atoms with van der Waals surface area (Å²) in [5.41, 5.74) is 0.807. The highest BCUT2D eigenvalue weighted by molar-refractivity contribution is 6.03. The third kappa shape index (κ3) is 4.98. The van der Waals surface area contributed by atoms with Crippen LogP contribution in [0.3, 0.4) is 0 Å². The molecule has 7 nitrogen and oxygen atoms in total. The van der Waals surface area contributed by atoms with Crippen LogP contribution >= 0.6 is 0 Å². The minimum Gasteiger partial charge on any atom is -0.351 e. The third-order valence-electron chi connectivity index (χ3n) is 8.50. The van der Waals surface area contributed by atoms with E-state index in [1.807, 2.05) is 30.0 Å². The van der Waals surface area contributed by atoms with Crippen LogP contribution in [0, 0.1) is 0 Å². The number of piperazine rings is 1. The van der Waals surface area contributed by atoms with Gasteiger partial charge in [0.05, 0.1) is 6.54 Å². The van der Waals surface area contributed by atoms with E-state index in [0.29, 0.717) is 18.8 Å². The fourth-order valence-corrected chi connectivity index (χ4v) is 6.11. The third-order valence-corrected chi connectivity index (χ3v) is 8.50. The second-order valence-electron chi connectivity index (χ2n) is 11.1. The summed E-state index contributed by atoms with van der Waals surface area (Å²) in [7, 11) is 2.15. The molecule has 2 amide bonds. The topological polar surface area (TPSA) is 60.8 Å². The highest BCUT2D eigenvalue weighted by atomic mass is 16.2. The molecule has 1 saturated carbocycles.